The van der Waals surface area contributed by atoms with Gasteiger partial charge in [0.25, 0.3) is 5.91 Å². The Bertz CT molecular complexity index is 696. The molecule has 0 atom stereocenters. The summed E-state index contributed by atoms with van der Waals surface area (Å²) in [5.74, 6) is 0.0193. The van der Waals surface area contributed by atoms with Crippen LogP contribution < -0.4 is 4.90 Å². The molecule has 140 valence electrons. The van der Waals surface area contributed by atoms with E-state index in [4.69, 9.17) is 17.3 Å². The standard InChI is InChI=1S/C20H27N3O2S/c1-21(12-13-24)16-10-8-15(9-11-16)14-18-19(25)23(20(26)22(18)2)17-6-4-3-5-7-17/h8-11,14,17,24H,3-7,12-13H2,1-2H3/b18-14+. The van der Waals surface area contributed by atoms with Crippen molar-refractivity contribution in [2.45, 2.75) is 38.1 Å². The number of hydrogen-bond acceptors (Lipinski definition) is 4. The van der Waals surface area contributed by atoms with Gasteiger partial charge in [-0.2, -0.15) is 0 Å². The fourth-order valence-electron chi connectivity index (χ4n) is 3.70. The Morgan fingerprint density at radius 1 is 1.23 bits per heavy atom. The van der Waals surface area contributed by atoms with Gasteiger partial charge < -0.3 is 14.9 Å². The van der Waals surface area contributed by atoms with Crippen LogP contribution >= 0.6 is 12.2 Å². The topological polar surface area (TPSA) is 47.0 Å². The van der Waals surface area contributed by atoms with Crippen molar-refractivity contribution in [1.82, 2.24) is 9.80 Å². The van der Waals surface area contributed by atoms with Gasteiger partial charge in [-0.25, -0.2) is 0 Å². The van der Waals surface area contributed by atoms with Crippen LogP contribution in [0.5, 0.6) is 0 Å². The average molecular weight is 374 g/mol. The molecule has 1 saturated carbocycles. The zero-order valence-electron chi connectivity index (χ0n) is 15.5. The molecule has 0 radical (unpaired) electrons. The van der Waals surface area contributed by atoms with E-state index < -0.39 is 0 Å². The van der Waals surface area contributed by atoms with Crippen LogP contribution in [0.3, 0.4) is 0 Å². The molecule has 1 amide bonds. The van der Waals surface area contributed by atoms with Gasteiger partial charge in [-0.05, 0) is 48.8 Å². The highest BCUT2D eigenvalue weighted by Gasteiger charge is 2.40. The van der Waals surface area contributed by atoms with Crippen molar-refractivity contribution in [3.63, 3.8) is 0 Å². The van der Waals surface area contributed by atoms with Gasteiger partial charge in [0, 0.05) is 32.4 Å². The molecule has 2 fully saturated rings. The fourth-order valence-corrected chi connectivity index (χ4v) is 4.03. The van der Waals surface area contributed by atoms with Gasteiger partial charge in [-0.15, -0.1) is 0 Å². The molecule has 0 aromatic heterocycles. The Kier molecular flexibility index (Phi) is 5.94. The van der Waals surface area contributed by atoms with Gasteiger partial charge in [0.2, 0.25) is 0 Å². The average Bonchev–Trinajstić information content (AvgIpc) is 2.86. The second-order valence-electron chi connectivity index (χ2n) is 7.07. The van der Waals surface area contributed by atoms with Crippen LogP contribution in [0.1, 0.15) is 37.7 Å². The Hall–Kier alpha value is -1.92. The molecule has 1 aliphatic carbocycles. The van der Waals surface area contributed by atoms with E-state index in [0.29, 0.717) is 17.4 Å². The van der Waals surface area contributed by atoms with E-state index in [1.807, 2.05) is 59.1 Å². The van der Waals surface area contributed by atoms with Crippen molar-refractivity contribution in [2.75, 3.05) is 32.1 Å². The molecule has 0 bridgehead atoms. The summed E-state index contributed by atoms with van der Waals surface area (Å²) in [6, 6.07) is 8.22. The van der Waals surface area contributed by atoms with Gasteiger partial charge >= 0.3 is 0 Å². The normalized spacial score (nSPS) is 20.3. The lowest BCUT2D eigenvalue weighted by Crippen LogP contribution is -2.41. The van der Waals surface area contributed by atoms with Crippen LogP contribution in [0.2, 0.25) is 0 Å². The van der Waals surface area contributed by atoms with E-state index in [1.54, 1.807) is 0 Å². The minimum atomic E-state index is 0.0193. The molecular weight excluding hydrogens is 346 g/mol. The minimum Gasteiger partial charge on any atom is -0.395 e. The molecule has 0 spiro atoms. The summed E-state index contributed by atoms with van der Waals surface area (Å²) in [5, 5.41) is 9.66. The number of aliphatic hydroxyl groups is 1. The number of hydrogen-bond donors (Lipinski definition) is 1. The molecule has 6 heteroatoms. The number of carbonyl (C=O) groups is 1. The second kappa shape index (κ2) is 8.18. The highest BCUT2D eigenvalue weighted by atomic mass is 32.1. The predicted molar refractivity (Wildman–Crippen MR) is 109 cm³/mol. The molecule has 0 unspecified atom stereocenters. The van der Waals surface area contributed by atoms with Crippen LogP contribution in [-0.2, 0) is 4.79 Å². The summed E-state index contributed by atoms with van der Waals surface area (Å²) in [4.78, 5) is 18.6. The van der Waals surface area contributed by atoms with E-state index in [2.05, 4.69) is 0 Å². The number of carbonyl (C=O) groups excluding carboxylic acids is 1. The Morgan fingerprint density at radius 2 is 1.88 bits per heavy atom. The summed E-state index contributed by atoms with van der Waals surface area (Å²) < 4.78 is 0. The fraction of sp³-hybridized carbons (Fsp3) is 0.500. The molecule has 26 heavy (non-hydrogen) atoms. The number of anilines is 1. The van der Waals surface area contributed by atoms with Crippen molar-refractivity contribution in [2.24, 2.45) is 0 Å². The van der Waals surface area contributed by atoms with E-state index in [1.165, 1.54) is 19.3 Å². The van der Waals surface area contributed by atoms with Gasteiger partial charge in [-0.3, -0.25) is 9.69 Å². The molecule has 1 saturated heterocycles. The van der Waals surface area contributed by atoms with Crippen LogP contribution in [0.15, 0.2) is 30.0 Å². The number of rotatable bonds is 5. The number of nitrogens with zero attached hydrogens (tertiary/aromatic N) is 3. The first kappa shape index (κ1) is 18.9. The smallest absolute Gasteiger partial charge is 0.277 e. The lowest BCUT2D eigenvalue weighted by Gasteiger charge is -2.30. The van der Waals surface area contributed by atoms with Crippen LogP contribution in [0, 0.1) is 0 Å². The summed E-state index contributed by atoms with van der Waals surface area (Å²) >= 11 is 5.56. The molecular formula is C20H27N3O2S. The lowest BCUT2D eigenvalue weighted by molar-refractivity contribution is -0.124. The third kappa shape index (κ3) is 3.76. The molecule has 1 heterocycles. The number of likely N-dealkylation sites (N-methyl/N-ethyl adjacent to an activating group) is 2. The van der Waals surface area contributed by atoms with E-state index in [9.17, 15) is 4.79 Å². The summed E-state index contributed by atoms with van der Waals surface area (Å²) in [6.07, 6.45) is 7.58. The van der Waals surface area contributed by atoms with Crippen molar-refractivity contribution < 1.29 is 9.90 Å². The van der Waals surface area contributed by atoms with Gasteiger partial charge in [0.05, 0.1) is 6.61 Å². The molecule has 1 aliphatic heterocycles. The maximum absolute atomic E-state index is 13.0. The number of amides is 1. The van der Waals surface area contributed by atoms with Crippen LogP contribution in [0.25, 0.3) is 6.08 Å². The second-order valence-corrected chi connectivity index (χ2v) is 7.44. The molecule has 2 aliphatic rings. The quantitative estimate of drug-likeness (QED) is 0.635. The first-order valence-corrected chi connectivity index (χ1v) is 9.68. The summed E-state index contributed by atoms with van der Waals surface area (Å²) in [6.45, 7) is 0.711. The van der Waals surface area contributed by atoms with E-state index in [0.717, 1.165) is 24.1 Å². The summed E-state index contributed by atoms with van der Waals surface area (Å²) in [5.41, 5.74) is 2.64. The third-order valence-electron chi connectivity index (χ3n) is 5.30. The number of aliphatic hydroxyl groups excluding tert-OH is 1. The lowest BCUT2D eigenvalue weighted by atomic mass is 9.94. The van der Waals surface area contributed by atoms with Crippen molar-refractivity contribution in [3.05, 3.63) is 35.5 Å². The van der Waals surface area contributed by atoms with E-state index in [-0.39, 0.29) is 18.6 Å². The van der Waals surface area contributed by atoms with Crippen molar-refractivity contribution >= 4 is 35.0 Å². The SMILES string of the molecule is CN1C(=S)N(C2CCCCC2)C(=O)/C1=C\c1ccc(N(C)CCO)cc1. The molecule has 1 aromatic carbocycles. The van der Waals surface area contributed by atoms with Crippen LogP contribution in [-0.4, -0.2) is 59.2 Å². The minimum absolute atomic E-state index is 0.0193. The number of benzene rings is 1. The maximum Gasteiger partial charge on any atom is 0.277 e. The van der Waals surface area contributed by atoms with Gasteiger partial charge in [0.15, 0.2) is 5.11 Å². The highest BCUT2D eigenvalue weighted by Crippen LogP contribution is 2.30. The molecule has 3 rings (SSSR count). The highest BCUT2D eigenvalue weighted by molar-refractivity contribution is 7.80. The largest absolute Gasteiger partial charge is 0.395 e. The van der Waals surface area contributed by atoms with Gasteiger partial charge in [-0.1, -0.05) is 31.4 Å². The Morgan fingerprint density at radius 3 is 2.50 bits per heavy atom. The molecule has 1 aromatic rings. The van der Waals surface area contributed by atoms with Crippen molar-refractivity contribution in [3.8, 4) is 0 Å². The Labute approximate surface area is 160 Å². The molecule has 5 nitrogen and oxygen atoms in total. The summed E-state index contributed by atoms with van der Waals surface area (Å²) in [7, 11) is 3.82. The van der Waals surface area contributed by atoms with Gasteiger partial charge in [0.1, 0.15) is 5.70 Å². The first-order valence-electron chi connectivity index (χ1n) is 9.28. The zero-order valence-corrected chi connectivity index (χ0v) is 16.3. The monoisotopic (exact) mass is 373 g/mol. The third-order valence-corrected chi connectivity index (χ3v) is 5.78. The van der Waals surface area contributed by atoms with E-state index >= 15 is 0 Å². The Balaban J connectivity index is 1.79. The van der Waals surface area contributed by atoms with Crippen molar-refractivity contribution in [1.29, 1.82) is 0 Å². The molecule has 1 N–H and O–H groups in total. The number of thiocarbonyl (C=S) groups is 1. The maximum atomic E-state index is 13.0. The first-order chi connectivity index (χ1) is 12.5. The zero-order chi connectivity index (χ0) is 18.7. The predicted octanol–water partition coefficient (Wildman–Crippen LogP) is 2.85. The van der Waals surface area contributed by atoms with Crippen LogP contribution in [0.4, 0.5) is 5.69 Å².